The van der Waals surface area contributed by atoms with E-state index in [2.05, 4.69) is 69.4 Å². The molecule has 0 bridgehead atoms. The zero-order valence-electron chi connectivity index (χ0n) is 34.9. The number of amides is 1. The van der Waals surface area contributed by atoms with Gasteiger partial charge in [0.15, 0.2) is 5.78 Å². The maximum atomic E-state index is 13.3. The average Bonchev–Trinajstić information content (AvgIpc) is 3.75. The molecule has 0 atom stereocenters. The Bertz CT molecular complexity index is 2710. The van der Waals surface area contributed by atoms with E-state index in [-0.39, 0.29) is 140 Å². The molecule has 61 heavy (non-hydrogen) atoms. The summed E-state index contributed by atoms with van der Waals surface area (Å²) < 4.78 is 89.5. The Balaban J connectivity index is 0.00000102. The van der Waals surface area contributed by atoms with Crippen molar-refractivity contribution in [1.82, 2.24) is 5.32 Å². The van der Waals surface area contributed by atoms with E-state index in [0.29, 0.717) is 64.7 Å². The fraction of sp³-hybridized carbons (Fsp3) is 0.184. The summed E-state index contributed by atoms with van der Waals surface area (Å²) in [6, 6.07) is 17.5. The first kappa shape index (κ1) is 57.9. The fourth-order valence-electron chi connectivity index (χ4n) is 5.33. The van der Waals surface area contributed by atoms with E-state index in [1.807, 2.05) is 4.93 Å². The maximum absolute atomic E-state index is 13.3. The Hall–Kier alpha value is -1.15. The van der Waals surface area contributed by atoms with E-state index in [1.54, 1.807) is 25.1 Å². The maximum Gasteiger partial charge on any atom is 1.00 e. The third kappa shape index (κ3) is 15.5. The van der Waals surface area contributed by atoms with Crippen LogP contribution >= 0.6 is 54.5 Å². The van der Waals surface area contributed by atoms with Gasteiger partial charge in [-0.2, -0.15) is 0 Å². The second-order valence-electron chi connectivity index (χ2n) is 11.9. The van der Waals surface area contributed by atoms with Crippen LogP contribution in [0.2, 0.25) is 0 Å². The van der Waals surface area contributed by atoms with Crippen molar-refractivity contribution in [3.8, 4) is 22.6 Å². The molecule has 2 N–H and O–H groups in total. The number of Topliss-reactive ketones (excluding diaryl/α,β-unsaturated/α-hetero) is 1. The van der Waals surface area contributed by atoms with Crippen molar-refractivity contribution in [1.29, 1.82) is 0 Å². The molecule has 2 aromatic heterocycles. The number of carbonyl (C=O) groups is 3. The molecular weight excluding hydrogens is 1140 g/mol. The molecule has 4 aromatic carbocycles. The Morgan fingerprint density at radius 2 is 1.26 bits per heavy atom. The van der Waals surface area contributed by atoms with Gasteiger partial charge in [0.05, 0.1) is 35.0 Å². The SMILES string of the molecule is CCC(=O)c1c(-c2ccc(F)cc2)oc2cc(NS(C)(=O)=O)c(Br)cc12.CI.CNC(=O)c1c(-c2ccc(F)cc2)oc2cc(N(C)S(C)(=O)=O)c(Br)cc12.O=CO[O-].[H-].[K+].[K+]. The van der Waals surface area contributed by atoms with Crippen molar-refractivity contribution in [2.24, 2.45) is 0 Å². The third-order valence-electron chi connectivity index (χ3n) is 7.97. The number of ketones is 1. The number of rotatable bonds is 10. The van der Waals surface area contributed by atoms with Crippen LogP contribution in [0.1, 0.15) is 35.5 Å². The van der Waals surface area contributed by atoms with E-state index in [0.717, 1.165) is 16.8 Å². The first-order chi connectivity index (χ1) is 27.7. The van der Waals surface area contributed by atoms with Gasteiger partial charge in [-0.25, -0.2) is 25.6 Å². The van der Waals surface area contributed by atoms with Gasteiger partial charge < -0.3 is 25.7 Å². The molecular formula is C38H36Br2F2IK2N3O11S2. The number of benzene rings is 4. The van der Waals surface area contributed by atoms with Gasteiger partial charge in [0, 0.05) is 63.5 Å². The predicted molar refractivity (Wildman–Crippen MR) is 237 cm³/mol. The molecule has 318 valence electrons. The van der Waals surface area contributed by atoms with E-state index in [4.69, 9.17) is 18.9 Å². The van der Waals surface area contributed by atoms with Gasteiger partial charge in [-0.1, -0.05) is 29.5 Å². The van der Waals surface area contributed by atoms with Crippen LogP contribution in [0.15, 0.2) is 90.6 Å². The second-order valence-corrected chi connectivity index (χ2v) is 17.4. The van der Waals surface area contributed by atoms with Crippen LogP contribution in [-0.2, 0) is 29.7 Å². The number of furan rings is 2. The minimum Gasteiger partial charge on any atom is -1.00 e. The summed E-state index contributed by atoms with van der Waals surface area (Å²) in [5, 5.41) is 12.1. The smallest absolute Gasteiger partial charge is 1.00 e. The van der Waals surface area contributed by atoms with Crippen LogP contribution in [0.4, 0.5) is 20.2 Å². The zero-order valence-corrected chi connectivity index (χ0v) is 47.1. The first-order valence-corrected chi connectivity index (χ1v) is 24.0. The standard InChI is InChI=1S/C18H16BrFN2O4S.C18H15BrFNO4S.CH3I.CH2O3.2K.H/c1-21-18(23)16-12-8-13(19)14(22(2)27(3,24)25)9-15(12)26-17(16)10-4-6-11(20)7-5-10;1-3-15(22)17-12-8-13(19)14(21-26(2,23)24)9-16(12)25-18(17)10-4-6-11(20)7-5-10;1-2;2-1-4-3;;;/h4-9H,1-3H3,(H,21,23);4-9,21H,3H2,1-2H3;1H3;1,3H;;;/q;;;;2*+1;-1/p-1. The van der Waals surface area contributed by atoms with E-state index >= 15 is 0 Å². The molecule has 6 rings (SSSR count). The number of anilines is 2. The molecule has 0 aliphatic rings. The van der Waals surface area contributed by atoms with Crippen molar-refractivity contribution >= 4 is 126 Å². The molecule has 0 saturated heterocycles. The molecule has 1 amide bonds. The normalized spacial score (nSPS) is 10.6. The number of nitrogens with one attached hydrogen (secondary N) is 2. The van der Waals surface area contributed by atoms with Crippen molar-refractivity contribution in [2.75, 3.05) is 40.6 Å². The van der Waals surface area contributed by atoms with E-state index in [1.165, 1.54) is 68.7 Å². The van der Waals surface area contributed by atoms with Crippen molar-refractivity contribution in [3.05, 3.63) is 105 Å². The van der Waals surface area contributed by atoms with Gasteiger partial charge >= 0.3 is 103 Å². The van der Waals surface area contributed by atoms with Gasteiger partial charge in [0.25, 0.3) is 12.4 Å². The van der Waals surface area contributed by atoms with Gasteiger partial charge in [-0.05, 0) is 97.5 Å². The minimum atomic E-state index is -3.49. The van der Waals surface area contributed by atoms with Crippen LogP contribution in [0, 0.1) is 11.6 Å². The molecule has 0 spiro atoms. The number of fused-ring (bicyclic) bond motifs is 2. The Labute approximate surface area is 468 Å². The number of hydrogen-bond acceptors (Lipinski definition) is 11. The first-order valence-electron chi connectivity index (χ1n) is 16.6. The molecule has 2 heterocycles. The topological polar surface area (TPSA) is 205 Å². The van der Waals surface area contributed by atoms with Crippen LogP contribution in [0.3, 0.4) is 0 Å². The van der Waals surface area contributed by atoms with Crippen molar-refractivity contribution in [2.45, 2.75) is 13.3 Å². The van der Waals surface area contributed by atoms with Crippen molar-refractivity contribution < 1.29 is 163 Å². The van der Waals surface area contributed by atoms with Crippen LogP contribution in [-0.4, -0.2) is 66.5 Å². The molecule has 14 nitrogen and oxygen atoms in total. The summed E-state index contributed by atoms with van der Waals surface area (Å²) >= 11 is 8.83. The van der Waals surface area contributed by atoms with Crippen LogP contribution in [0.25, 0.3) is 44.6 Å². The fourth-order valence-corrected chi connectivity index (χ4v) is 7.71. The average molecular weight is 1180 g/mol. The summed E-state index contributed by atoms with van der Waals surface area (Å²) in [5.74, 6) is -0.694. The van der Waals surface area contributed by atoms with Gasteiger partial charge in [0.2, 0.25) is 20.0 Å². The largest absolute Gasteiger partial charge is 1.00 e. The number of hydrogen-bond donors (Lipinski definition) is 2. The number of alkyl halides is 1. The Morgan fingerprint density at radius 1 is 0.836 bits per heavy atom. The van der Waals surface area contributed by atoms with Gasteiger partial charge in [0.1, 0.15) is 34.3 Å². The van der Waals surface area contributed by atoms with E-state index < -0.39 is 31.7 Å². The summed E-state index contributed by atoms with van der Waals surface area (Å²) in [5.41, 5.74) is 3.13. The summed E-state index contributed by atoms with van der Waals surface area (Å²) in [6.07, 6.45) is 2.40. The molecule has 0 radical (unpaired) electrons. The minimum absolute atomic E-state index is 0. The molecule has 0 aliphatic carbocycles. The monoisotopic (exact) mass is 1170 g/mol. The number of halogens is 5. The van der Waals surface area contributed by atoms with Crippen molar-refractivity contribution in [3.63, 3.8) is 0 Å². The Morgan fingerprint density at radius 3 is 1.67 bits per heavy atom. The summed E-state index contributed by atoms with van der Waals surface area (Å²) in [6.45, 7) is 1.56. The molecule has 0 unspecified atom stereocenters. The number of nitrogens with zero attached hydrogens (tertiary/aromatic N) is 1. The van der Waals surface area contributed by atoms with E-state index in [9.17, 15) is 35.2 Å². The van der Waals surface area contributed by atoms with Gasteiger partial charge in [-0.3, -0.25) is 23.4 Å². The van der Waals surface area contributed by atoms with Gasteiger partial charge in [-0.15, -0.1) is 0 Å². The third-order valence-corrected chi connectivity index (χ3v) is 11.0. The Kier molecular flexibility index (Phi) is 24.8. The van der Waals surface area contributed by atoms with Crippen LogP contribution < -0.4 is 122 Å². The second kappa shape index (κ2) is 26.1. The summed E-state index contributed by atoms with van der Waals surface area (Å²) in [7, 11) is -4.05. The molecule has 23 heteroatoms. The molecule has 0 saturated carbocycles. The number of carbonyl (C=O) groups excluding carboxylic acids is 3. The molecule has 6 aromatic rings. The predicted octanol–water partition coefficient (Wildman–Crippen LogP) is 2.33. The molecule has 0 aliphatic heterocycles. The quantitative estimate of drug-likeness (QED) is 0.0388. The summed E-state index contributed by atoms with van der Waals surface area (Å²) in [4.78, 5) is 38.2. The zero-order chi connectivity index (χ0) is 44.4. The van der Waals surface area contributed by atoms with Crippen LogP contribution in [0.5, 0.6) is 0 Å². The number of sulfonamides is 2. The molecule has 0 fully saturated rings.